The van der Waals surface area contributed by atoms with E-state index in [2.05, 4.69) is 10.7 Å². The Kier molecular flexibility index (Phi) is 5.43. The first-order valence-electron chi connectivity index (χ1n) is 8.97. The highest BCUT2D eigenvalue weighted by molar-refractivity contribution is 8.00. The van der Waals surface area contributed by atoms with Gasteiger partial charge in [0.25, 0.3) is 0 Å². The summed E-state index contributed by atoms with van der Waals surface area (Å²) in [7, 11) is 1.61. The molecule has 0 unspecified atom stereocenters. The molecule has 0 spiro atoms. The summed E-state index contributed by atoms with van der Waals surface area (Å²) in [6, 6.07) is 15.5. The Morgan fingerprint density at radius 2 is 1.97 bits per heavy atom. The van der Waals surface area contributed by atoms with Crippen molar-refractivity contribution in [2.75, 3.05) is 17.9 Å². The van der Waals surface area contributed by atoms with E-state index in [1.807, 2.05) is 48.0 Å². The summed E-state index contributed by atoms with van der Waals surface area (Å²) in [5.74, 6) is 0.0240. The topological polar surface area (TPSA) is 55.3 Å². The molecule has 0 aliphatic carbocycles. The Balaban J connectivity index is 1.65. The second kappa shape index (κ2) is 8.00. The Hall–Kier alpha value is -2.64. The number of anilines is 1. The van der Waals surface area contributed by atoms with Gasteiger partial charge in [-0.05, 0) is 55.0 Å². The molecule has 1 aromatic heterocycles. The Morgan fingerprint density at radius 3 is 2.66 bits per heavy atom. The number of halogens is 2. The van der Waals surface area contributed by atoms with E-state index in [1.165, 1.54) is 30.0 Å². The highest BCUT2D eigenvalue weighted by atomic mass is 35.5. The fourth-order valence-corrected chi connectivity index (χ4v) is 4.64. The molecule has 0 radical (unpaired) electrons. The van der Waals surface area contributed by atoms with Crippen molar-refractivity contribution in [1.82, 2.24) is 4.68 Å². The maximum Gasteiger partial charge on any atom is 0.240 e. The number of methoxy groups -OCH3 is 1. The van der Waals surface area contributed by atoms with Gasteiger partial charge in [-0.3, -0.25) is 9.47 Å². The zero-order valence-corrected chi connectivity index (χ0v) is 17.4. The number of amides is 1. The number of benzene rings is 2. The van der Waals surface area contributed by atoms with Crippen LogP contribution in [0.5, 0.6) is 5.75 Å². The van der Waals surface area contributed by atoms with E-state index >= 15 is 0 Å². The molecule has 4 rings (SSSR count). The van der Waals surface area contributed by atoms with Gasteiger partial charge in [0, 0.05) is 11.4 Å². The van der Waals surface area contributed by atoms with Crippen LogP contribution in [-0.2, 0) is 4.79 Å². The minimum absolute atomic E-state index is 0.0339. The molecular weight excluding hydrogens is 413 g/mol. The van der Waals surface area contributed by atoms with Crippen molar-refractivity contribution in [3.8, 4) is 5.75 Å². The van der Waals surface area contributed by atoms with Crippen LogP contribution in [0.3, 0.4) is 0 Å². The lowest BCUT2D eigenvalue weighted by Crippen LogP contribution is -2.41. The summed E-state index contributed by atoms with van der Waals surface area (Å²) in [6.07, 6.45) is 0. The third-order valence-corrected chi connectivity index (χ3v) is 6.37. The molecule has 8 heteroatoms. The lowest BCUT2D eigenvalue weighted by atomic mass is 10.0. The second-order valence-corrected chi connectivity index (χ2v) is 8.25. The van der Waals surface area contributed by atoms with Crippen LogP contribution in [0.15, 0.2) is 59.6 Å². The molecule has 2 aromatic carbocycles. The van der Waals surface area contributed by atoms with Gasteiger partial charge in [-0.2, -0.15) is 0 Å². The second-order valence-electron chi connectivity index (χ2n) is 6.68. The number of ether oxygens (including phenoxy) is 1. The molecule has 5 nitrogen and oxygen atoms in total. The smallest absolute Gasteiger partial charge is 0.240 e. The number of thioether (sulfide) groups is 1. The third-order valence-electron chi connectivity index (χ3n) is 4.78. The largest absolute Gasteiger partial charge is 0.497 e. The average Bonchev–Trinajstić information content (AvgIpc) is 3.10. The van der Waals surface area contributed by atoms with E-state index in [0.717, 1.165) is 22.0 Å². The van der Waals surface area contributed by atoms with Crippen molar-refractivity contribution in [3.63, 3.8) is 0 Å². The molecular formula is C21H19ClFN3O2S. The molecule has 0 saturated carbocycles. The van der Waals surface area contributed by atoms with Crippen LogP contribution in [0.1, 0.15) is 17.3 Å². The van der Waals surface area contributed by atoms with Crippen molar-refractivity contribution >= 4 is 35.0 Å². The monoisotopic (exact) mass is 431 g/mol. The maximum absolute atomic E-state index is 13.4. The third kappa shape index (κ3) is 3.93. The van der Waals surface area contributed by atoms with Crippen LogP contribution in [0.2, 0.25) is 5.02 Å². The zero-order valence-electron chi connectivity index (χ0n) is 15.8. The Bertz CT molecular complexity index is 1050. The summed E-state index contributed by atoms with van der Waals surface area (Å²) >= 11 is 7.32. The van der Waals surface area contributed by atoms with E-state index in [0.29, 0.717) is 5.69 Å². The number of nitrogens with zero attached hydrogens (tertiary/aromatic N) is 1. The van der Waals surface area contributed by atoms with Crippen LogP contribution in [0.4, 0.5) is 10.1 Å². The van der Waals surface area contributed by atoms with Gasteiger partial charge in [-0.1, -0.05) is 35.5 Å². The minimum Gasteiger partial charge on any atom is -0.497 e. The number of rotatable bonds is 4. The van der Waals surface area contributed by atoms with E-state index in [-0.39, 0.29) is 17.0 Å². The van der Waals surface area contributed by atoms with Crippen LogP contribution >= 0.6 is 23.4 Å². The molecule has 2 atom stereocenters. The number of nitrogens with one attached hydrogen (secondary N) is 2. The van der Waals surface area contributed by atoms with Gasteiger partial charge in [-0.15, -0.1) is 0 Å². The van der Waals surface area contributed by atoms with Crippen LogP contribution in [-0.4, -0.2) is 22.9 Å². The molecule has 3 aromatic rings. The molecule has 0 fully saturated rings. The predicted octanol–water partition coefficient (Wildman–Crippen LogP) is 5.00. The fraction of sp³-hybridized carbons (Fsp3) is 0.190. The predicted molar refractivity (Wildman–Crippen MR) is 114 cm³/mol. The molecule has 2 heterocycles. The average molecular weight is 432 g/mol. The quantitative estimate of drug-likeness (QED) is 0.610. The van der Waals surface area contributed by atoms with Crippen molar-refractivity contribution in [2.45, 2.75) is 23.2 Å². The SMILES string of the molecule is COc1ccc([C@H]2Nn3c(C)ccc3S[C@H]2C(=O)Nc2ccc(F)c(Cl)c2)cc1. The number of carbonyl (C=O) groups is 1. The molecule has 1 aliphatic rings. The van der Waals surface area contributed by atoms with Gasteiger partial charge in [-0.25, -0.2) is 4.39 Å². The van der Waals surface area contributed by atoms with Crippen LogP contribution < -0.4 is 15.5 Å². The summed E-state index contributed by atoms with van der Waals surface area (Å²) < 4.78 is 20.7. The molecule has 0 saturated heterocycles. The standard InChI is InChI=1S/C21H19ClFN3O2S/c1-12-3-10-18-26(12)25-19(13-4-7-15(28-2)8-5-13)20(29-18)21(27)24-14-6-9-17(23)16(22)11-14/h3-11,19-20,25H,1-2H3,(H,24,27)/t19-,20-/m1/s1. The summed E-state index contributed by atoms with van der Waals surface area (Å²) in [6.45, 7) is 2.00. The van der Waals surface area contributed by atoms with Crippen LogP contribution in [0.25, 0.3) is 0 Å². The highest BCUT2D eigenvalue weighted by Gasteiger charge is 2.36. The normalized spacial score (nSPS) is 17.9. The number of hydrogen-bond donors (Lipinski definition) is 2. The van der Waals surface area contributed by atoms with Crippen molar-refractivity contribution in [3.05, 3.63) is 76.7 Å². The number of aromatic nitrogens is 1. The van der Waals surface area contributed by atoms with E-state index < -0.39 is 11.1 Å². The van der Waals surface area contributed by atoms with E-state index in [4.69, 9.17) is 16.3 Å². The van der Waals surface area contributed by atoms with Gasteiger partial charge in [0.05, 0.1) is 23.2 Å². The van der Waals surface area contributed by atoms with Gasteiger partial charge in [0.15, 0.2) is 0 Å². The summed E-state index contributed by atoms with van der Waals surface area (Å²) in [4.78, 5) is 13.1. The van der Waals surface area contributed by atoms with Crippen molar-refractivity contribution < 1.29 is 13.9 Å². The molecule has 150 valence electrons. The Labute approximate surface area is 177 Å². The summed E-state index contributed by atoms with van der Waals surface area (Å²) in [5.41, 5.74) is 5.90. The van der Waals surface area contributed by atoms with Crippen molar-refractivity contribution in [2.24, 2.45) is 0 Å². The molecule has 1 aliphatic heterocycles. The van der Waals surface area contributed by atoms with Gasteiger partial charge >= 0.3 is 0 Å². The zero-order chi connectivity index (χ0) is 20.5. The van der Waals surface area contributed by atoms with Gasteiger partial charge < -0.3 is 15.5 Å². The van der Waals surface area contributed by atoms with Crippen molar-refractivity contribution in [1.29, 1.82) is 0 Å². The molecule has 29 heavy (non-hydrogen) atoms. The number of fused-ring (bicyclic) bond motifs is 1. The number of aryl methyl sites for hydroxylation is 1. The molecule has 1 amide bonds. The first-order chi connectivity index (χ1) is 14.0. The first-order valence-corrected chi connectivity index (χ1v) is 10.2. The molecule has 2 N–H and O–H groups in total. The Morgan fingerprint density at radius 1 is 1.21 bits per heavy atom. The van der Waals surface area contributed by atoms with Crippen LogP contribution in [0, 0.1) is 12.7 Å². The van der Waals surface area contributed by atoms with Gasteiger partial charge in [0.2, 0.25) is 5.91 Å². The number of carbonyl (C=O) groups excluding carboxylic acids is 1. The lowest BCUT2D eigenvalue weighted by molar-refractivity contribution is -0.116. The number of hydrogen-bond acceptors (Lipinski definition) is 4. The van der Waals surface area contributed by atoms with E-state index in [1.54, 1.807) is 7.11 Å². The summed E-state index contributed by atoms with van der Waals surface area (Å²) in [5, 5.41) is 3.32. The maximum atomic E-state index is 13.4. The molecule has 0 bridgehead atoms. The lowest BCUT2D eigenvalue weighted by Gasteiger charge is -2.34. The van der Waals surface area contributed by atoms with E-state index in [9.17, 15) is 9.18 Å². The highest BCUT2D eigenvalue weighted by Crippen LogP contribution is 2.39. The first kappa shape index (κ1) is 19.7. The van der Waals surface area contributed by atoms with Gasteiger partial charge in [0.1, 0.15) is 16.8 Å². The minimum atomic E-state index is -0.525. The fourth-order valence-electron chi connectivity index (χ4n) is 3.23.